The van der Waals surface area contributed by atoms with Crippen molar-refractivity contribution < 1.29 is 13.1 Å². The number of hydrogen-bond acceptors (Lipinski definition) is 4. The summed E-state index contributed by atoms with van der Waals surface area (Å²) in [6.07, 6.45) is 1.62. The molecule has 0 aliphatic heterocycles. The molecule has 2 aromatic carbocycles. The summed E-state index contributed by atoms with van der Waals surface area (Å²) >= 11 is 0. The van der Waals surface area contributed by atoms with E-state index in [0.29, 0.717) is 21.2 Å². The van der Waals surface area contributed by atoms with Crippen molar-refractivity contribution in [3.63, 3.8) is 0 Å². The molecule has 0 amide bonds. The van der Waals surface area contributed by atoms with Gasteiger partial charge in [-0.05, 0) is 24.3 Å². The molecule has 0 spiro atoms. The van der Waals surface area contributed by atoms with Crippen LogP contribution in [0.3, 0.4) is 0 Å². The minimum absolute atomic E-state index is 0.199. The molecule has 0 saturated carbocycles. The monoisotopic (exact) mass is 350 g/mol. The number of fused-ring (bicyclic) bond motifs is 3. The Hall–Kier alpha value is -2.99. The zero-order valence-electron chi connectivity index (χ0n) is 13.2. The van der Waals surface area contributed by atoms with E-state index in [4.69, 9.17) is 0 Å². The molecule has 0 radical (unpaired) electrons. The van der Waals surface area contributed by atoms with Crippen LogP contribution in [0.15, 0.2) is 77.8 Å². The van der Waals surface area contributed by atoms with E-state index in [9.17, 15) is 13.6 Å². The highest BCUT2D eigenvalue weighted by molar-refractivity contribution is 7.90. The summed E-state index contributed by atoms with van der Waals surface area (Å²) in [5.41, 5.74) is 1.13. The lowest BCUT2D eigenvalue weighted by atomic mass is 10.1. The van der Waals surface area contributed by atoms with E-state index in [2.05, 4.69) is 4.98 Å². The van der Waals surface area contributed by atoms with Gasteiger partial charge in [-0.1, -0.05) is 36.4 Å². The highest BCUT2D eigenvalue weighted by Gasteiger charge is 2.25. The average Bonchev–Trinajstić information content (AvgIpc) is 2.66. The van der Waals surface area contributed by atoms with Crippen molar-refractivity contribution in [3.8, 4) is 0 Å². The summed E-state index contributed by atoms with van der Waals surface area (Å²) in [6, 6.07) is 18.7. The topological polar surface area (TPSA) is 74.0 Å². The van der Waals surface area contributed by atoms with Crippen LogP contribution in [0.1, 0.15) is 5.69 Å². The van der Waals surface area contributed by atoms with Gasteiger partial charge in [-0.3, -0.25) is 0 Å². The third kappa shape index (κ3) is 2.60. The summed E-state index contributed by atoms with van der Waals surface area (Å²) in [4.78, 5) is 4.50. The van der Waals surface area contributed by atoms with Crippen molar-refractivity contribution in [2.24, 2.45) is 0 Å². The number of nitrogens with zero attached hydrogens (tertiary/aromatic N) is 2. The van der Waals surface area contributed by atoms with E-state index >= 15 is 0 Å². The molecule has 5 nitrogen and oxygen atoms in total. The van der Waals surface area contributed by atoms with E-state index in [1.165, 1.54) is 12.1 Å². The fourth-order valence-corrected chi connectivity index (χ4v) is 4.36. The first kappa shape index (κ1) is 15.5. The fraction of sp³-hybridized carbons (Fsp3) is 0.0526. The first-order valence-electron chi connectivity index (χ1n) is 7.73. The van der Waals surface area contributed by atoms with Crippen LogP contribution in [0.5, 0.6) is 0 Å². The summed E-state index contributed by atoms with van der Waals surface area (Å²) in [7, 11) is -3.64. The SMILES string of the molecule is O=S(=O)(Cc1c2ccccc2c2ncccc2[n+]1[O-])c1ccccc1. The van der Waals surface area contributed by atoms with Gasteiger partial charge in [-0.2, -0.15) is 4.73 Å². The van der Waals surface area contributed by atoms with Crippen molar-refractivity contribution in [1.82, 2.24) is 4.98 Å². The standard InChI is InChI=1S/C19H14N2O3S/c22-21-17-11-6-12-20-19(17)16-10-5-4-9-15(16)18(21)13-25(23,24)14-7-2-1-3-8-14/h1-12H,13H2. The first-order chi connectivity index (χ1) is 12.1. The molecule has 0 atom stereocenters. The molecule has 0 unspecified atom stereocenters. The predicted molar refractivity (Wildman–Crippen MR) is 95.5 cm³/mol. The quantitative estimate of drug-likeness (QED) is 0.323. The molecular weight excluding hydrogens is 336 g/mol. The normalized spacial score (nSPS) is 11.8. The van der Waals surface area contributed by atoms with Gasteiger partial charge in [-0.15, -0.1) is 0 Å². The molecule has 2 aromatic heterocycles. The molecule has 0 bridgehead atoms. The van der Waals surface area contributed by atoms with Crippen molar-refractivity contribution in [2.75, 3.05) is 0 Å². The summed E-state index contributed by atoms with van der Waals surface area (Å²) < 4.78 is 26.2. The van der Waals surface area contributed by atoms with Crippen LogP contribution in [0, 0.1) is 5.21 Å². The summed E-state index contributed by atoms with van der Waals surface area (Å²) in [5.74, 6) is -0.369. The van der Waals surface area contributed by atoms with Crippen LogP contribution in [0.2, 0.25) is 0 Å². The highest BCUT2D eigenvalue weighted by atomic mass is 32.2. The Morgan fingerprint density at radius 2 is 1.56 bits per heavy atom. The maximum atomic E-state index is 12.9. The Bertz CT molecular complexity index is 1190. The zero-order chi connectivity index (χ0) is 17.4. The molecular formula is C19H14N2O3S. The minimum Gasteiger partial charge on any atom is -0.618 e. The van der Waals surface area contributed by atoms with Gasteiger partial charge in [-0.25, -0.2) is 13.4 Å². The molecule has 4 rings (SSSR count). The number of pyridine rings is 2. The smallest absolute Gasteiger partial charge is 0.243 e. The van der Waals surface area contributed by atoms with E-state index in [-0.39, 0.29) is 16.3 Å². The Labute approximate surface area is 144 Å². The van der Waals surface area contributed by atoms with E-state index in [1.807, 2.05) is 12.1 Å². The van der Waals surface area contributed by atoms with Gasteiger partial charge in [0.2, 0.25) is 11.2 Å². The van der Waals surface area contributed by atoms with Crippen molar-refractivity contribution in [3.05, 3.63) is 83.8 Å². The van der Waals surface area contributed by atoms with E-state index in [0.717, 1.165) is 5.39 Å². The maximum absolute atomic E-state index is 12.9. The molecule has 0 saturated heterocycles. The van der Waals surface area contributed by atoms with Gasteiger partial charge in [0.1, 0.15) is 11.3 Å². The highest BCUT2D eigenvalue weighted by Crippen LogP contribution is 2.26. The van der Waals surface area contributed by atoms with Gasteiger partial charge >= 0.3 is 0 Å². The van der Waals surface area contributed by atoms with Crippen molar-refractivity contribution in [1.29, 1.82) is 0 Å². The fourth-order valence-electron chi connectivity index (χ4n) is 2.99. The zero-order valence-corrected chi connectivity index (χ0v) is 14.0. The van der Waals surface area contributed by atoms with Crippen molar-refractivity contribution >= 4 is 31.6 Å². The second-order valence-corrected chi connectivity index (χ2v) is 7.72. The van der Waals surface area contributed by atoms with Gasteiger partial charge in [0.15, 0.2) is 9.84 Å². The maximum Gasteiger partial charge on any atom is 0.243 e. The van der Waals surface area contributed by atoms with Crippen LogP contribution < -0.4 is 4.73 Å². The number of aromatic nitrogens is 2. The van der Waals surface area contributed by atoms with Crippen LogP contribution in [0.25, 0.3) is 21.8 Å². The Balaban J connectivity index is 1.99. The Kier molecular flexibility index (Phi) is 3.62. The molecule has 25 heavy (non-hydrogen) atoms. The van der Waals surface area contributed by atoms with Crippen molar-refractivity contribution in [2.45, 2.75) is 10.6 Å². The number of benzene rings is 2. The van der Waals surface area contributed by atoms with Crippen LogP contribution in [-0.2, 0) is 15.6 Å². The van der Waals surface area contributed by atoms with Gasteiger partial charge in [0, 0.05) is 17.6 Å². The lowest BCUT2D eigenvalue weighted by Gasteiger charge is -2.12. The number of hydrogen-bond donors (Lipinski definition) is 0. The molecule has 124 valence electrons. The second-order valence-electron chi connectivity index (χ2n) is 5.73. The van der Waals surface area contributed by atoms with Gasteiger partial charge < -0.3 is 5.21 Å². The van der Waals surface area contributed by atoms with Gasteiger partial charge in [0.05, 0.1) is 10.3 Å². The Morgan fingerprint density at radius 1 is 0.880 bits per heavy atom. The lowest BCUT2D eigenvalue weighted by Crippen LogP contribution is -2.34. The minimum atomic E-state index is -3.64. The molecule has 2 heterocycles. The predicted octanol–water partition coefficient (Wildman–Crippen LogP) is 3.00. The van der Waals surface area contributed by atoms with Crippen LogP contribution >= 0.6 is 0 Å². The van der Waals surface area contributed by atoms with E-state index in [1.54, 1.807) is 48.7 Å². The number of sulfone groups is 1. The Morgan fingerprint density at radius 3 is 2.32 bits per heavy atom. The summed E-state index contributed by atoms with van der Waals surface area (Å²) in [5, 5.41) is 14.2. The third-order valence-electron chi connectivity index (χ3n) is 4.17. The summed E-state index contributed by atoms with van der Waals surface area (Å²) in [6.45, 7) is 0. The van der Waals surface area contributed by atoms with E-state index < -0.39 is 9.84 Å². The van der Waals surface area contributed by atoms with Crippen LogP contribution in [-0.4, -0.2) is 13.4 Å². The molecule has 0 fully saturated rings. The molecule has 0 N–H and O–H groups in total. The second kappa shape index (κ2) is 5.82. The van der Waals surface area contributed by atoms with Gasteiger partial charge in [0.25, 0.3) is 0 Å². The largest absolute Gasteiger partial charge is 0.618 e. The molecule has 6 heteroatoms. The first-order valence-corrected chi connectivity index (χ1v) is 9.39. The number of rotatable bonds is 3. The molecule has 0 aliphatic rings. The molecule has 4 aromatic rings. The third-order valence-corrected chi connectivity index (χ3v) is 5.82. The molecule has 0 aliphatic carbocycles. The van der Waals surface area contributed by atoms with Crippen LogP contribution in [0.4, 0.5) is 0 Å². The lowest BCUT2D eigenvalue weighted by molar-refractivity contribution is -0.583. The average molecular weight is 350 g/mol.